The van der Waals surface area contributed by atoms with Crippen molar-refractivity contribution in [3.63, 3.8) is 0 Å². The van der Waals surface area contributed by atoms with E-state index in [1.165, 1.54) is 19.4 Å². The van der Waals surface area contributed by atoms with Crippen molar-refractivity contribution in [1.82, 2.24) is 9.80 Å². The molecule has 2 aliphatic rings. The number of hydrogen-bond acceptors (Lipinski definition) is 5. The largest absolute Gasteiger partial charge is 0.400 e. The van der Waals surface area contributed by atoms with E-state index >= 15 is 0 Å². The molecule has 2 fully saturated rings. The predicted octanol–water partition coefficient (Wildman–Crippen LogP) is 3.34. The fourth-order valence-corrected chi connectivity index (χ4v) is 4.08. The molecule has 0 aromatic rings. The molecule has 6 heteroatoms. The predicted molar refractivity (Wildman–Crippen MR) is 111 cm³/mol. The number of halogens is 1. The number of ether oxygens (including phenoxy) is 2. The highest BCUT2D eigenvalue weighted by molar-refractivity contribution is 4.87. The molecular formula is C21H45FN2O3. The van der Waals surface area contributed by atoms with Gasteiger partial charge in [-0.1, -0.05) is 0 Å². The molecule has 0 aliphatic carbocycles. The van der Waals surface area contributed by atoms with Gasteiger partial charge in [0.05, 0.1) is 24.4 Å². The van der Waals surface area contributed by atoms with E-state index in [1.807, 2.05) is 27.8 Å². The third-order valence-corrected chi connectivity index (χ3v) is 5.18. The Morgan fingerprint density at radius 3 is 1.67 bits per heavy atom. The zero-order chi connectivity index (χ0) is 21.1. The molecule has 2 heterocycles. The molecule has 2 aliphatic heterocycles. The highest BCUT2D eigenvalue weighted by Gasteiger charge is 2.33. The first-order valence-corrected chi connectivity index (χ1v) is 10.4. The zero-order valence-electron chi connectivity index (χ0n) is 19.1. The number of likely N-dealkylation sites (tertiary alicyclic amines) is 2. The van der Waals surface area contributed by atoms with Gasteiger partial charge in [0.1, 0.15) is 6.17 Å². The van der Waals surface area contributed by atoms with Gasteiger partial charge in [0.25, 0.3) is 0 Å². The van der Waals surface area contributed by atoms with Gasteiger partial charge in [0, 0.05) is 25.7 Å². The van der Waals surface area contributed by atoms with Crippen LogP contribution in [-0.2, 0) is 9.47 Å². The second kappa shape index (κ2) is 13.8. The summed E-state index contributed by atoms with van der Waals surface area (Å²) in [5, 5.41) is 7.00. The van der Waals surface area contributed by atoms with E-state index < -0.39 is 6.17 Å². The summed E-state index contributed by atoms with van der Waals surface area (Å²) >= 11 is 0. The Morgan fingerprint density at radius 1 is 0.852 bits per heavy atom. The van der Waals surface area contributed by atoms with Crippen molar-refractivity contribution < 1.29 is 19.0 Å². The van der Waals surface area contributed by atoms with Crippen LogP contribution in [0, 0.1) is 0 Å². The minimum atomic E-state index is -0.673. The quantitative estimate of drug-likeness (QED) is 0.751. The summed E-state index contributed by atoms with van der Waals surface area (Å²) in [6.45, 7) is 14.2. The molecule has 5 atom stereocenters. The van der Waals surface area contributed by atoms with Crippen molar-refractivity contribution in [2.45, 2.75) is 103 Å². The molecule has 0 aromatic carbocycles. The summed E-state index contributed by atoms with van der Waals surface area (Å²) in [5.41, 5.74) is 0. The lowest BCUT2D eigenvalue weighted by atomic mass is 10.1. The number of rotatable bonds is 6. The Hall–Kier alpha value is -0.270. The van der Waals surface area contributed by atoms with Gasteiger partial charge in [-0.05, 0) is 81.4 Å². The van der Waals surface area contributed by atoms with E-state index in [0.29, 0.717) is 31.2 Å². The van der Waals surface area contributed by atoms with Crippen LogP contribution in [0.4, 0.5) is 4.39 Å². The summed E-state index contributed by atoms with van der Waals surface area (Å²) in [6.07, 6.45) is 3.66. The molecule has 0 spiro atoms. The molecule has 0 unspecified atom stereocenters. The number of likely N-dealkylation sites (N-methyl/N-ethyl adjacent to an activating group) is 2. The van der Waals surface area contributed by atoms with Crippen LogP contribution in [0.15, 0.2) is 0 Å². The maximum atomic E-state index is 13.0. The molecule has 0 saturated carbocycles. The maximum Gasteiger partial charge on any atom is 0.114 e. The van der Waals surface area contributed by atoms with Crippen LogP contribution in [0.3, 0.4) is 0 Å². The molecule has 0 aromatic heterocycles. The summed E-state index contributed by atoms with van der Waals surface area (Å²) in [7, 11) is 5.16. The lowest BCUT2D eigenvalue weighted by molar-refractivity contribution is -0.0205. The van der Waals surface area contributed by atoms with Crippen LogP contribution in [0.2, 0.25) is 0 Å². The first-order chi connectivity index (χ1) is 12.6. The topological polar surface area (TPSA) is 45.2 Å². The van der Waals surface area contributed by atoms with Crippen molar-refractivity contribution in [2.75, 3.05) is 34.3 Å². The van der Waals surface area contributed by atoms with Crippen LogP contribution in [0.5, 0.6) is 0 Å². The molecule has 1 N–H and O–H groups in total. The van der Waals surface area contributed by atoms with Gasteiger partial charge in [-0.25, -0.2) is 4.39 Å². The molecule has 2 saturated heterocycles. The summed E-state index contributed by atoms with van der Waals surface area (Å²) in [5.74, 6) is 0. The van der Waals surface area contributed by atoms with Gasteiger partial charge in [-0.2, -0.15) is 0 Å². The highest BCUT2D eigenvalue weighted by Crippen LogP contribution is 2.23. The minimum absolute atomic E-state index is 0.130. The number of nitrogens with zero attached hydrogens (tertiary/aromatic N) is 2. The van der Waals surface area contributed by atoms with Crippen molar-refractivity contribution in [3.05, 3.63) is 0 Å². The van der Waals surface area contributed by atoms with Gasteiger partial charge in [-0.3, -0.25) is 4.90 Å². The second-order valence-electron chi connectivity index (χ2n) is 8.31. The van der Waals surface area contributed by atoms with Gasteiger partial charge in [0.2, 0.25) is 0 Å². The third kappa shape index (κ3) is 10.2. The molecular weight excluding hydrogens is 347 g/mol. The van der Waals surface area contributed by atoms with Crippen LogP contribution in [0.1, 0.15) is 60.8 Å². The first-order valence-electron chi connectivity index (χ1n) is 10.4. The smallest absolute Gasteiger partial charge is 0.114 e. The van der Waals surface area contributed by atoms with Crippen LogP contribution in [0.25, 0.3) is 0 Å². The molecule has 5 nitrogen and oxygen atoms in total. The van der Waals surface area contributed by atoms with E-state index in [4.69, 9.17) is 14.6 Å². The number of aliphatic hydroxyl groups excluding tert-OH is 1. The van der Waals surface area contributed by atoms with E-state index in [9.17, 15) is 4.39 Å². The molecule has 0 bridgehead atoms. The molecule has 2 rings (SSSR count). The zero-order valence-corrected chi connectivity index (χ0v) is 19.1. The molecule has 27 heavy (non-hydrogen) atoms. The molecule has 164 valence electrons. The Bertz CT molecular complexity index is 371. The Balaban J connectivity index is 0.000000460. The standard InChI is InChI=1S/C10H20FNO.C10H21NO.CH4O/c1-7(2)13-8(3)10-5-9(11)6-12(10)4;1-8(2)12-9(3)10-6-5-7-11(10)4;1-2/h7-10H,5-6H2,1-4H3;8-10H,5-7H2,1-4H3;2H,1H3/t8-,9+,10-;9-,10-;/m00./s1. The highest BCUT2D eigenvalue weighted by atomic mass is 19.1. The van der Waals surface area contributed by atoms with Gasteiger partial charge < -0.3 is 19.5 Å². The van der Waals surface area contributed by atoms with E-state index in [0.717, 1.165) is 7.11 Å². The van der Waals surface area contributed by atoms with Gasteiger partial charge >= 0.3 is 0 Å². The molecule has 0 amide bonds. The fraction of sp³-hybridized carbons (Fsp3) is 1.00. The maximum absolute atomic E-state index is 13.0. The van der Waals surface area contributed by atoms with Crippen molar-refractivity contribution in [2.24, 2.45) is 0 Å². The van der Waals surface area contributed by atoms with E-state index in [2.05, 4.69) is 37.6 Å². The van der Waals surface area contributed by atoms with E-state index in [-0.39, 0.29) is 18.2 Å². The van der Waals surface area contributed by atoms with Crippen LogP contribution in [-0.4, -0.2) is 91.9 Å². The minimum Gasteiger partial charge on any atom is -0.400 e. The summed E-state index contributed by atoms with van der Waals surface area (Å²) < 4.78 is 24.4. The Kier molecular flexibility index (Phi) is 13.7. The summed E-state index contributed by atoms with van der Waals surface area (Å²) in [6, 6.07) is 0.893. The number of alkyl halides is 1. The van der Waals surface area contributed by atoms with E-state index in [1.54, 1.807) is 0 Å². The lowest BCUT2D eigenvalue weighted by Crippen LogP contribution is -2.37. The average molecular weight is 393 g/mol. The third-order valence-electron chi connectivity index (χ3n) is 5.18. The van der Waals surface area contributed by atoms with Crippen LogP contribution < -0.4 is 0 Å². The van der Waals surface area contributed by atoms with Gasteiger partial charge in [0.15, 0.2) is 0 Å². The normalized spacial score (nSPS) is 28.6. The summed E-state index contributed by atoms with van der Waals surface area (Å²) in [4.78, 5) is 4.46. The fourth-order valence-electron chi connectivity index (χ4n) is 4.08. The van der Waals surface area contributed by atoms with Crippen LogP contribution >= 0.6 is 0 Å². The number of aliphatic hydroxyl groups is 1. The molecule has 0 radical (unpaired) electrons. The van der Waals surface area contributed by atoms with Gasteiger partial charge in [-0.15, -0.1) is 0 Å². The monoisotopic (exact) mass is 392 g/mol. The van der Waals surface area contributed by atoms with Crippen molar-refractivity contribution in [1.29, 1.82) is 0 Å². The SMILES string of the molecule is CC(C)O[C@@H](C)[C@@H]1CCCN1C.CC(C)O[C@@H](C)[C@@H]1C[C@@H](F)CN1C.CO. The first kappa shape index (κ1) is 26.7. The Labute approximate surface area is 167 Å². The number of hydrogen-bond donors (Lipinski definition) is 1. The van der Waals surface area contributed by atoms with Crippen molar-refractivity contribution >= 4 is 0 Å². The Morgan fingerprint density at radius 2 is 1.33 bits per heavy atom. The lowest BCUT2D eigenvalue weighted by Gasteiger charge is -2.27. The second-order valence-corrected chi connectivity index (χ2v) is 8.31. The average Bonchev–Trinajstić information content (AvgIpc) is 3.13. The van der Waals surface area contributed by atoms with Crippen molar-refractivity contribution in [3.8, 4) is 0 Å².